The monoisotopic (exact) mass is 437 g/mol. The summed E-state index contributed by atoms with van der Waals surface area (Å²) in [6.07, 6.45) is 3.76. The molecule has 25 heavy (non-hydrogen) atoms. The second kappa shape index (κ2) is 6.17. The molecular formula is C16H14BrN4O2S2+. The van der Waals surface area contributed by atoms with Crippen molar-refractivity contribution in [2.24, 2.45) is 5.14 Å². The van der Waals surface area contributed by atoms with Gasteiger partial charge in [-0.25, -0.2) is 23.5 Å². The van der Waals surface area contributed by atoms with E-state index in [1.807, 2.05) is 6.20 Å². The van der Waals surface area contributed by atoms with E-state index in [0.29, 0.717) is 11.6 Å². The highest BCUT2D eigenvalue weighted by molar-refractivity contribution is 9.34. The fraction of sp³-hybridized carbons (Fsp3) is 0.125. The van der Waals surface area contributed by atoms with Gasteiger partial charge < -0.3 is 5.32 Å². The van der Waals surface area contributed by atoms with Crippen molar-refractivity contribution >= 4 is 45.4 Å². The molecule has 0 fully saturated rings. The van der Waals surface area contributed by atoms with Crippen LogP contribution in [0.3, 0.4) is 0 Å². The molecule has 3 N–H and O–H groups in total. The Morgan fingerprint density at radius 1 is 1.24 bits per heavy atom. The summed E-state index contributed by atoms with van der Waals surface area (Å²) in [5, 5.41) is 10.4. The average Bonchev–Trinajstić information content (AvgIpc) is 2.96. The molecule has 0 bridgehead atoms. The second-order valence-electron chi connectivity index (χ2n) is 5.69. The topological polar surface area (TPSA) is 98.0 Å². The number of hydrogen-bond acceptors (Lipinski definition) is 5. The van der Waals surface area contributed by atoms with Crippen LogP contribution in [0.2, 0.25) is 0 Å². The van der Waals surface area contributed by atoms with E-state index in [1.165, 1.54) is 17.0 Å². The zero-order valence-corrected chi connectivity index (χ0v) is 16.2. The van der Waals surface area contributed by atoms with Crippen LogP contribution in [0.5, 0.6) is 0 Å². The van der Waals surface area contributed by atoms with Gasteiger partial charge in [-0.15, -0.1) is 0 Å². The third kappa shape index (κ3) is 3.20. The number of nitrogens with two attached hydrogens (primary N) is 1. The van der Waals surface area contributed by atoms with Crippen molar-refractivity contribution < 1.29 is 8.42 Å². The lowest BCUT2D eigenvalue weighted by Crippen LogP contribution is -2.12. The summed E-state index contributed by atoms with van der Waals surface area (Å²) in [4.78, 5) is 10.4. The Hall–Kier alpha value is -1.81. The number of nitrogens with zero attached hydrogens (tertiary/aromatic N) is 2. The molecule has 4 rings (SSSR count). The standard InChI is InChI=1S/C16H14BrN4O2S2/c17-24-7-6-13-14(24)5-4-10-9-19-16(21-15(10)13)20-11-2-1-3-12(8-11)25(18,22)23/h1-3,6-9H,4-5H2,(H2,18,22,23)(H,19,20,21)/q+1. The maximum Gasteiger partial charge on any atom is 0.268 e. The molecule has 0 spiro atoms. The van der Waals surface area contributed by atoms with Gasteiger partial charge in [0.2, 0.25) is 16.0 Å². The van der Waals surface area contributed by atoms with Gasteiger partial charge in [-0.1, -0.05) is 6.07 Å². The number of hydrogen-bond donors (Lipinski definition) is 2. The fourth-order valence-corrected chi connectivity index (χ4v) is 5.85. The molecule has 1 aliphatic carbocycles. The first-order valence-electron chi connectivity index (χ1n) is 7.49. The highest BCUT2D eigenvalue weighted by Gasteiger charge is 2.27. The molecule has 0 amide bonds. The Bertz CT molecular complexity index is 1080. The number of primary sulfonamides is 1. The van der Waals surface area contributed by atoms with Gasteiger partial charge in [0.15, 0.2) is 10.3 Å². The Labute approximate surface area is 155 Å². The van der Waals surface area contributed by atoms with E-state index in [4.69, 9.17) is 5.14 Å². The van der Waals surface area contributed by atoms with Gasteiger partial charge in [0, 0.05) is 24.4 Å². The van der Waals surface area contributed by atoms with Crippen molar-refractivity contribution in [3.8, 4) is 11.3 Å². The van der Waals surface area contributed by atoms with E-state index in [1.54, 1.807) is 12.1 Å². The number of aryl methyl sites for hydroxylation is 1. The summed E-state index contributed by atoms with van der Waals surface area (Å²) in [5.74, 6) is 0.425. The van der Waals surface area contributed by atoms with Crippen LogP contribution >= 0.6 is 23.7 Å². The molecule has 0 radical (unpaired) electrons. The molecule has 9 heteroatoms. The number of thiophene rings is 1. The van der Waals surface area contributed by atoms with Gasteiger partial charge in [-0.2, -0.15) is 0 Å². The van der Waals surface area contributed by atoms with Crippen molar-refractivity contribution in [3.63, 3.8) is 0 Å². The molecule has 2 heterocycles. The van der Waals surface area contributed by atoms with Crippen LogP contribution in [-0.2, 0) is 22.9 Å². The van der Waals surface area contributed by atoms with Crippen molar-refractivity contribution in [2.45, 2.75) is 17.7 Å². The highest BCUT2D eigenvalue weighted by atomic mass is 79.9. The van der Waals surface area contributed by atoms with Crippen LogP contribution in [0.15, 0.2) is 46.8 Å². The number of sulfonamides is 1. The molecular weight excluding hydrogens is 424 g/mol. The maximum absolute atomic E-state index is 11.5. The molecule has 1 atom stereocenters. The molecule has 6 nitrogen and oxygen atoms in total. The maximum atomic E-state index is 11.5. The Kier molecular flexibility index (Phi) is 4.11. The SMILES string of the molecule is NS(=O)(=O)c1cccc(Nc2ncc3c(n2)-c2cc[s+](Br)c2CC3)c1. The van der Waals surface area contributed by atoms with Crippen LogP contribution in [-0.4, -0.2) is 18.4 Å². The fourth-order valence-electron chi connectivity index (χ4n) is 2.86. The molecule has 3 aromatic rings. The van der Waals surface area contributed by atoms with Crippen LogP contribution in [0.25, 0.3) is 11.3 Å². The van der Waals surface area contributed by atoms with E-state index >= 15 is 0 Å². The molecule has 0 saturated heterocycles. The first kappa shape index (κ1) is 16.6. The minimum absolute atomic E-state index is 0.00409. The number of rotatable bonds is 3. The summed E-state index contributed by atoms with van der Waals surface area (Å²) in [6, 6.07) is 8.38. The predicted molar refractivity (Wildman–Crippen MR) is 103 cm³/mol. The van der Waals surface area contributed by atoms with Crippen molar-refractivity contribution in [3.05, 3.63) is 52.3 Å². The summed E-state index contributed by atoms with van der Waals surface area (Å²) in [6.45, 7) is 0. The smallest absolute Gasteiger partial charge is 0.268 e. The Morgan fingerprint density at radius 3 is 2.88 bits per heavy atom. The van der Waals surface area contributed by atoms with Crippen LogP contribution in [0.1, 0.15) is 10.4 Å². The molecule has 1 unspecified atom stereocenters. The number of benzene rings is 1. The van der Waals surface area contributed by atoms with Gasteiger partial charge in [0.25, 0.3) is 14.8 Å². The third-order valence-corrected chi connectivity index (χ3v) is 8.05. The summed E-state index contributed by atoms with van der Waals surface area (Å²) < 4.78 is 23.0. The number of aromatic nitrogens is 2. The Morgan fingerprint density at radius 2 is 2.08 bits per heavy atom. The molecule has 2 aromatic heterocycles. The number of nitrogens with one attached hydrogen (secondary N) is 1. The van der Waals surface area contributed by atoms with Crippen LogP contribution in [0.4, 0.5) is 11.6 Å². The van der Waals surface area contributed by atoms with Gasteiger partial charge in [-0.05, 0) is 30.2 Å². The molecule has 1 aliphatic rings. The van der Waals surface area contributed by atoms with Gasteiger partial charge in [0.1, 0.15) is 0 Å². The number of fused-ring (bicyclic) bond motifs is 3. The average molecular weight is 438 g/mol. The normalized spacial score (nSPS) is 13.9. The zero-order chi connectivity index (χ0) is 17.6. The lowest BCUT2D eigenvalue weighted by Gasteiger charge is -2.14. The van der Waals surface area contributed by atoms with E-state index < -0.39 is 10.0 Å². The highest BCUT2D eigenvalue weighted by Crippen LogP contribution is 2.43. The molecule has 128 valence electrons. The zero-order valence-electron chi connectivity index (χ0n) is 12.9. The number of halogens is 1. The van der Waals surface area contributed by atoms with E-state index in [2.05, 4.69) is 41.5 Å². The predicted octanol–water partition coefficient (Wildman–Crippen LogP) is 3.54. The van der Waals surface area contributed by atoms with Crippen molar-refractivity contribution in [1.82, 2.24) is 9.97 Å². The summed E-state index contributed by atoms with van der Waals surface area (Å²) in [5.41, 5.74) is 3.79. The molecule has 1 aromatic carbocycles. The van der Waals surface area contributed by atoms with Gasteiger partial charge in [0.05, 0.1) is 25.1 Å². The van der Waals surface area contributed by atoms with Gasteiger partial charge in [-0.3, -0.25) is 0 Å². The largest absolute Gasteiger partial charge is 0.324 e. The van der Waals surface area contributed by atoms with E-state index in [9.17, 15) is 8.42 Å². The van der Waals surface area contributed by atoms with Crippen molar-refractivity contribution in [1.29, 1.82) is 0 Å². The lowest BCUT2D eigenvalue weighted by molar-refractivity contribution is 0.598. The van der Waals surface area contributed by atoms with Crippen LogP contribution < -0.4 is 10.5 Å². The minimum atomic E-state index is -3.75. The lowest BCUT2D eigenvalue weighted by atomic mass is 9.96. The van der Waals surface area contributed by atoms with Crippen molar-refractivity contribution in [2.75, 3.05) is 5.32 Å². The first-order chi connectivity index (χ1) is 11.9. The molecule has 0 saturated carbocycles. The summed E-state index contributed by atoms with van der Waals surface area (Å²) >= 11 is 3.69. The second-order valence-corrected chi connectivity index (χ2v) is 10.7. The quantitative estimate of drug-likeness (QED) is 0.610. The van der Waals surface area contributed by atoms with Crippen LogP contribution in [0, 0.1) is 0 Å². The third-order valence-electron chi connectivity index (χ3n) is 4.05. The Balaban J connectivity index is 1.70. The minimum Gasteiger partial charge on any atom is -0.324 e. The van der Waals surface area contributed by atoms with Gasteiger partial charge >= 0.3 is 0 Å². The molecule has 0 aliphatic heterocycles. The van der Waals surface area contributed by atoms with E-state index in [-0.39, 0.29) is 13.8 Å². The number of anilines is 2. The summed E-state index contributed by atoms with van der Waals surface area (Å²) in [7, 11) is -3.76. The van der Waals surface area contributed by atoms with E-state index in [0.717, 1.165) is 29.7 Å². The first-order valence-corrected chi connectivity index (χ1v) is 12.2.